The third kappa shape index (κ3) is 7.41. The molecule has 1 amide bonds. The highest BCUT2D eigenvalue weighted by atomic mass is 35.5. The van der Waals surface area contributed by atoms with Crippen LogP contribution < -0.4 is 16.0 Å². The van der Waals surface area contributed by atoms with Crippen LogP contribution in [0, 0.1) is 5.41 Å². The minimum atomic E-state index is -0.385. The molecule has 0 heterocycles. The minimum absolute atomic E-state index is 0.0270. The minimum Gasteiger partial charge on any atom is -0.357 e. The van der Waals surface area contributed by atoms with E-state index in [2.05, 4.69) is 20.9 Å². The van der Waals surface area contributed by atoms with Crippen molar-refractivity contribution in [2.45, 2.75) is 34.2 Å². The van der Waals surface area contributed by atoms with Crippen LogP contribution in [0.25, 0.3) is 0 Å². The fourth-order valence-corrected chi connectivity index (χ4v) is 2.25. The summed E-state index contributed by atoms with van der Waals surface area (Å²) in [6.07, 6.45) is 0. The van der Waals surface area contributed by atoms with Gasteiger partial charge in [-0.3, -0.25) is 4.79 Å². The van der Waals surface area contributed by atoms with Crippen molar-refractivity contribution < 1.29 is 4.79 Å². The molecule has 0 atom stereocenters. The molecule has 0 aliphatic rings. The quantitative estimate of drug-likeness (QED) is 0.408. The number of guanidine groups is 1. The van der Waals surface area contributed by atoms with E-state index in [1.54, 1.807) is 12.1 Å². The fourth-order valence-electron chi connectivity index (χ4n) is 1.78. The van der Waals surface area contributed by atoms with Crippen LogP contribution in [-0.2, 0) is 11.3 Å². The normalized spacial score (nSPS) is 12.0. The Labute approximate surface area is 154 Å². The third-order valence-corrected chi connectivity index (χ3v) is 3.74. The Morgan fingerprint density at radius 1 is 1.12 bits per heavy atom. The van der Waals surface area contributed by atoms with Gasteiger partial charge >= 0.3 is 0 Å². The lowest BCUT2D eigenvalue weighted by atomic mass is 9.96. The Balaban J connectivity index is 2.52. The monoisotopic (exact) mass is 372 g/mol. The maximum absolute atomic E-state index is 11.8. The first-order valence-electron chi connectivity index (χ1n) is 7.98. The van der Waals surface area contributed by atoms with Crippen molar-refractivity contribution in [2.24, 2.45) is 10.4 Å². The fraction of sp³-hybridized carbons (Fsp3) is 0.529. The zero-order valence-electron chi connectivity index (χ0n) is 14.7. The zero-order valence-corrected chi connectivity index (χ0v) is 16.2. The van der Waals surface area contributed by atoms with Gasteiger partial charge in [0.05, 0.1) is 6.54 Å². The Morgan fingerprint density at radius 3 is 2.38 bits per heavy atom. The number of hydrogen-bond acceptors (Lipinski definition) is 2. The molecule has 0 aromatic heterocycles. The van der Waals surface area contributed by atoms with E-state index < -0.39 is 0 Å². The first kappa shape index (κ1) is 20.6. The van der Waals surface area contributed by atoms with Crippen molar-refractivity contribution in [1.29, 1.82) is 0 Å². The maximum atomic E-state index is 11.8. The molecule has 7 heteroatoms. The number of carbonyl (C=O) groups excluding carboxylic acids is 1. The van der Waals surface area contributed by atoms with Gasteiger partial charge in [0.1, 0.15) is 0 Å². The summed E-state index contributed by atoms with van der Waals surface area (Å²) < 4.78 is 0. The van der Waals surface area contributed by atoms with E-state index in [4.69, 9.17) is 23.2 Å². The molecule has 0 unspecified atom stereocenters. The van der Waals surface area contributed by atoms with Crippen LogP contribution in [0.2, 0.25) is 10.0 Å². The van der Waals surface area contributed by atoms with Gasteiger partial charge in [0.25, 0.3) is 0 Å². The molecule has 0 aliphatic carbocycles. The molecule has 0 bridgehead atoms. The second-order valence-electron chi connectivity index (χ2n) is 6.36. The Kier molecular flexibility index (Phi) is 8.36. The van der Waals surface area contributed by atoms with Gasteiger partial charge in [0.2, 0.25) is 5.91 Å². The summed E-state index contributed by atoms with van der Waals surface area (Å²) in [6, 6.07) is 5.36. The van der Waals surface area contributed by atoms with Gasteiger partial charge in [0.15, 0.2) is 5.96 Å². The van der Waals surface area contributed by atoms with Gasteiger partial charge in [0, 0.05) is 35.1 Å². The summed E-state index contributed by atoms with van der Waals surface area (Å²) in [5, 5.41) is 10.4. The highest BCUT2D eigenvalue weighted by molar-refractivity contribution is 6.35. The van der Waals surface area contributed by atoms with Crippen LogP contribution in [0.5, 0.6) is 0 Å². The average molecular weight is 373 g/mol. The molecular weight excluding hydrogens is 347 g/mol. The van der Waals surface area contributed by atoms with Gasteiger partial charge in [-0.25, -0.2) is 4.99 Å². The number of halogens is 2. The standard InChI is InChI=1S/C17H26Cl2N4O/c1-5-20-16(22-9-8-21-15(24)17(2,3)4)23-11-12-6-7-13(18)10-14(12)19/h6-7,10H,5,8-9,11H2,1-4H3,(H,21,24)(H2,20,22,23). The molecule has 134 valence electrons. The summed E-state index contributed by atoms with van der Waals surface area (Å²) in [6.45, 7) is 9.96. The molecule has 1 rings (SSSR count). The molecule has 5 nitrogen and oxygen atoms in total. The number of nitrogens with zero attached hydrogens (tertiary/aromatic N) is 1. The highest BCUT2D eigenvalue weighted by Gasteiger charge is 2.20. The summed E-state index contributed by atoms with van der Waals surface area (Å²) in [5.74, 6) is 0.702. The lowest BCUT2D eigenvalue weighted by molar-refractivity contribution is -0.128. The number of aliphatic imine (C=N–C) groups is 1. The van der Waals surface area contributed by atoms with E-state index in [9.17, 15) is 4.79 Å². The second-order valence-corrected chi connectivity index (χ2v) is 7.21. The number of hydrogen-bond donors (Lipinski definition) is 3. The van der Waals surface area contributed by atoms with Crippen molar-refractivity contribution in [3.05, 3.63) is 33.8 Å². The van der Waals surface area contributed by atoms with Crippen LogP contribution in [-0.4, -0.2) is 31.5 Å². The molecular formula is C17H26Cl2N4O. The molecule has 1 aromatic rings. The molecule has 24 heavy (non-hydrogen) atoms. The van der Waals surface area contributed by atoms with Crippen LogP contribution in [0.4, 0.5) is 0 Å². The molecule has 0 radical (unpaired) electrons. The summed E-state index contributed by atoms with van der Waals surface area (Å²) in [7, 11) is 0. The molecule has 3 N–H and O–H groups in total. The molecule has 0 fully saturated rings. The lowest BCUT2D eigenvalue weighted by Gasteiger charge is -2.18. The largest absolute Gasteiger partial charge is 0.357 e. The Hall–Kier alpha value is -1.46. The summed E-state index contributed by atoms with van der Waals surface area (Å²) >= 11 is 12.0. The number of benzene rings is 1. The van der Waals surface area contributed by atoms with Gasteiger partial charge < -0.3 is 16.0 Å². The molecule has 0 spiro atoms. The van der Waals surface area contributed by atoms with Crippen LogP contribution in [0.3, 0.4) is 0 Å². The Morgan fingerprint density at radius 2 is 1.79 bits per heavy atom. The van der Waals surface area contributed by atoms with Crippen LogP contribution in [0.1, 0.15) is 33.3 Å². The van der Waals surface area contributed by atoms with Crippen LogP contribution in [0.15, 0.2) is 23.2 Å². The highest BCUT2D eigenvalue weighted by Crippen LogP contribution is 2.21. The summed E-state index contributed by atoms with van der Waals surface area (Å²) in [5.41, 5.74) is 0.517. The van der Waals surface area contributed by atoms with Gasteiger partial charge in [-0.15, -0.1) is 0 Å². The van der Waals surface area contributed by atoms with E-state index in [0.717, 1.165) is 12.1 Å². The molecule has 1 aromatic carbocycles. The molecule has 0 saturated heterocycles. The van der Waals surface area contributed by atoms with Crippen molar-refractivity contribution >= 4 is 35.1 Å². The van der Waals surface area contributed by atoms with E-state index >= 15 is 0 Å². The molecule has 0 saturated carbocycles. The topological polar surface area (TPSA) is 65.5 Å². The van der Waals surface area contributed by atoms with Gasteiger partial charge in [-0.1, -0.05) is 50.0 Å². The maximum Gasteiger partial charge on any atom is 0.225 e. The molecule has 0 aliphatic heterocycles. The van der Waals surface area contributed by atoms with Gasteiger partial charge in [-0.2, -0.15) is 0 Å². The van der Waals surface area contributed by atoms with Gasteiger partial charge in [-0.05, 0) is 24.6 Å². The predicted molar refractivity (Wildman–Crippen MR) is 102 cm³/mol. The lowest BCUT2D eigenvalue weighted by Crippen LogP contribution is -2.43. The summed E-state index contributed by atoms with van der Waals surface area (Å²) in [4.78, 5) is 16.3. The first-order chi connectivity index (χ1) is 11.2. The van der Waals surface area contributed by atoms with Crippen LogP contribution >= 0.6 is 23.2 Å². The van der Waals surface area contributed by atoms with E-state index in [1.165, 1.54) is 0 Å². The number of carbonyl (C=O) groups is 1. The van der Waals surface area contributed by atoms with Crippen molar-refractivity contribution in [3.8, 4) is 0 Å². The van der Waals surface area contributed by atoms with E-state index in [-0.39, 0.29) is 11.3 Å². The zero-order chi connectivity index (χ0) is 18.2. The number of amides is 1. The smallest absolute Gasteiger partial charge is 0.225 e. The van der Waals surface area contributed by atoms with E-state index in [1.807, 2.05) is 33.8 Å². The van der Waals surface area contributed by atoms with E-state index in [0.29, 0.717) is 35.6 Å². The van der Waals surface area contributed by atoms with Crippen molar-refractivity contribution in [2.75, 3.05) is 19.6 Å². The Bertz CT molecular complexity index is 582. The first-order valence-corrected chi connectivity index (χ1v) is 8.74. The third-order valence-electron chi connectivity index (χ3n) is 3.15. The number of nitrogens with one attached hydrogen (secondary N) is 3. The van der Waals surface area contributed by atoms with Crippen molar-refractivity contribution in [1.82, 2.24) is 16.0 Å². The predicted octanol–water partition coefficient (Wildman–Crippen LogP) is 3.21. The number of rotatable bonds is 6. The van der Waals surface area contributed by atoms with Crippen molar-refractivity contribution in [3.63, 3.8) is 0 Å². The average Bonchev–Trinajstić information content (AvgIpc) is 2.49. The SMILES string of the molecule is CCNC(=NCc1ccc(Cl)cc1Cl)NCCNC(=O)C(C)(C)C. The second kappa shape index (κ2) is 9.74.